The molecule has 1 atom stereocenters. The zero-order chi connectivity index (χ0) is 6.41. The molecule has 1 fully saturated rings. The number of hydrogen-bond acceptors (Lipinski definition) is 1. The van der Waals surface area contributed by atoms with Gasteiger partial charge in [-0.2, -0.15) is 0 Å². The van der Waals surface area contributed by atoms with Gasteiger partial charge in [0.2, 0.25) is 0 Å². The van der Waals surface area contributed by atoms with Crippen LogP contribution in [0.3, 0.4) is 0 Å². The molecule has 1 aliphatic heterocycles. The van der Waals surface area contributed by atoms with E-state index >= 15 is 0 Å². The Morgan fingerprint density at radius 3 is 1.67 bits per heavy atom. The van der Waals surface area contributed by atoms with E-state index in [4.69, 9.17) is 4.74 Å². The lowest BCUT2D eigenvalue weighted by atomic mass is 9.99. The lowest BCUT2D eigenvalue weighted by Gasteiger charge is -1.99. The molecular weight excluding hydrogens is 138 g/mol. The molecule has 0 aliphatic carbocycles. The van der Waals surface area contributed by atoms with Crippen LogP contribution in [0.5, 0.6) is 0 Å². The third kappa shape index (κ3) is 1.20. The Labute approximate surface area is 62.2 Å². The molecule has 1 heterocycles. The SMILES string of the molecule is CC1(C)OC1(C)C[NH3+].[Cl-]. The van der Waals surface area contributed by atoms with Gasteiger partial charge in [-0.25, -0.2) is 0 Å². The standard InChI is InChI=1S/C6H13NO.ClH/c1-5(2)6(3,4-7)8-5;/h4,7H2,1-3H3;1H. The highest BCUT2D eigenvalue weighted by atomic mass is 35.5. The van der Waals surface area contributed by atoms with Crippen LogP contribution >= 0.6 is 0 Å². The minimum atomic E-state index is 0. The van der Waals surface area contributed by atoms with Gasteiger partial charge in [-0.05, 0) is 20.8 Å². The minimum absolute atomic E-state index is 0. The van der Waals surface area contributed by atoms with Crippen molar-refractivity contribution in [1.29, 1.82) is 0 Å². The van der Waals surface area contributed by atoms with Crippen LogP contribution in [0.4, 0.5) is 0 Å². The Kier molecular flexibility index (Phi) is 2.16. The molecule has 0 radical (unpaired) electrons. The molecule has 1 rings (SSSR count). The zero-order valence-electron chi connectivity index (χ0n) is 6.20. The Bertz CT molecular complexity index is 116. The molecule has 3 N–H and O–H groups in total. The molecule has 9 heavy (non-hydrogen) atoms. The maximum atomic E-state index is 5.38. The quantitative estimate of drug-likeness (QED) is 0.394. The number of rotatable bonds is 1. The van der Waals surface area contributed by atoms with Gasteiger partial charge >= 0.3 is 0 Å². The van der Waals surface area contributed by atoms with Gasteiger partial charge in [0, 0.05) is 0 Å². The first-order chi connectivity index (χ1) is 3.52. The summed E-state index contributed by atoms with van der Waals surface area (Å²) in [6, 6.07) is 0. The summed E-state index contributed by atoms with van der Waals surface area (Å²) >= 11 is 0. The molecule has 0 aromatic carbocycles. The van der Waals surface area contributed by atoms with Crippen molar-refractivity contribution in [2.24, 2.45) is 0 Å². The highest BCUT2D eigenvalue weighted by Crippen LogP contribution is 2.45. The summed E-state index contributed by atoms with van der Waals surface area (Å²) in [5.74, 6) is 0. The summed E-state index contributed by atoms with van der Waals surface area (Å²) in [4.78, 5) is 0. The van der Waals surface area contributed by atoms with E-state index in [1.54, 1.807) is 0 Å². The molecule has 0 aromatic rings. The number of quaternary nitrogens is 1. The molecule has 0 bridgehead atoms. The normalized spacial score (nSPS) is 37.3. The first-order valence-electron chi connectivity index (χ1n) is 3.01. The predicted octanol–water partition coefficient (Wildman–Crippen LogP) is -3.20. The third-order valence-corrected chi connectivity index (χ3v) is 2.19. The van der Waals surface area contributed by atoms with E-state index in [2.05, 4.69) is 26.5 Å². The molecule has 1 aliphatic rings. The Morgan fingerprint density at radius 2 is 1.67 bits per heavy atom. The van der Waals surface area contributed by atoms with Crippen LogP contribution in [0.2, 0.25) is 0 Å². The second-order valence-electron chi connectivity index (χ2n) is 3.09. The molecule has 3 heteroatoms. The predicted molar refractivity (Wildman–Crippen MR) is 31.3 cm³/mol. The first kappa shape index (κ1) is 9.21. The second-order valence-corrected chi connectivity index (χ2v) is 3.09. The average Bonchev–Trinajstić information content (AvgIpc) is 2.10. The van der Waals surface area contributed by atoms with Crippen molar-refractivity contribution in [3.8, 4) is 0 Å². The van der Waals surface area contributed by atoms with Gasteiger partial charge in [0.25, 0.3) is 0 Å². The minimum Gasteiger partial charge on any atom is -1.00 e. The molecule has 1 unspecified atom stereocenters. The molecule has 56 valence electrons. The zero-order valence-corrected chi connectivity index (χ0v) is 6.96. The van der Waals surface area contributed by atoms with Crippen molar-refractivity contribution >= 4 is 0 Å². The molecular formula is C6H14ClNO. The van der Waals surface area contributed by atoms with E-state index in [-0.39, 0.29) is 23.6 Å². The summed E-state index contributed by atoms with van der Waals surface area (Å²) in [5, 5.41) is 0. The van der Waals surface area contributed by atoms with Gasteiger partial charge in [-0.1, -0.05) is 0 Å². The summed E-state index contributed by atoms with van der Waals surface area (Å²) in [7, 11) is 0. The van der Waals surface area contributed by atoms with Crippen LogP contribution in [-0.4, -0.2) is 17.7 Å². The van der Waals surface area contributed by atoms with Crippen LogP contribution in [0.1, 0.15) is 20.8 Å². The monoisotopic (exact) mass is 151 g/mol. The lowest BCUT2D eigenvalue weighted by Crippen LogP contribution is -3.00. The van der Waals surface area contributed by atoms with Gasteiger partial charge in [0.15, 0.2) is 0 Å². The maximum Gasteiger partial charge on any atom is 0.143 e. The fraction of sp³-hybridized carbons (Fsp3) is 1.00. The van der Waals surface area contributed by atoms with Crippen molar-refractivity contribution in [3.63, 3.8) is 0 Å². The van der Waals surface area contributed by atoms with E-state index in [1.807, 2.05) is 0 Å². The first-order valence-corrected chi connectivity index (χ1v) is 3.01. The Hall–Kier alpha value is 0.210. The average molecular weight is 152 g/mol. The second kappa shape index (κ2) is 2.11. The van der Waals surface area contributed by atoms with Crippen molar-refractivity contribution < 1.29 is 22.9 Å². The molecule has 0 saturated carbocycles. The Morgan fingerprint density at radius 1 is 1.33 bits per heavy atom. The fourth-order valence-corrected chi connectivity index (χ4v) is 0.890. The van der Waals surface area contributed by atoms with Gasteiger partial charge in [-0.3, -0.25) is 0 Å². The van der Waals surface area contributed by atoms with E-state index in [1.165, 1.54) is 0 Å². The molecule has 2 nitrogen and oxygen atoms in total. The van der Waals surface area contributed by atoms with Crippen molar-refractivity contribution in [3.05, 3.63) is 0 Å². The summed E-state index contributed by atoms with van der Waals surface area (Å²) in [5.41, 5.74) is 3.96. The summed E-state index contributed by atoms with van der Waals surface area (Å²) < 4.78 is 5.38. The van der Waals surface area contributed by atoms with Crippen LogP contribution in [0.15, 0.2) is 0 Å². The molecule has 0 amide bonds. The smallest absolute Gasteiger partial charge is 0.143 e. The third-order valence-electron chi connectivity index (χ3n) is 2.19. The maximum absolute atomic E-state index is 5.38. The van der Waals surface area contributed by atoms with Gasteiger partial charge in [0.1, 0.15) is 12.1 Å². The lowest BCUT2D eigenvalue weighted by molar-refractivity contribution is -0.379. The number of epoxide rings is 1. The van der Waals surface area contributed by atoms with Crippen LogP contribution in [0, 0.1) is 0 Å². The largest absolute Gasteiger partial charge is 1.00 e. The van der Waals surface area contributed by atoms with Crippen LogP contribution in [0.25, 0.3) is 0 Å². The summed E-state index contributed by atoms with van der Waals surface area (Å²) in [6.45, 7) is 7.16. The van der Waals surface area contributed by atoms with Crippen molar-refractivity contribution in [2.75, 3.05) is 6.54 Å². The van der Waals surface area contributed by atoms with E-state index in [0.29, 0.717) is 0 Å². The van der Waals surface area contributed by atoms with Crippen LogP contribution in [-0.2, 0) is 4.74 Å². The topological polar surface area (TPSA) is 40.2 Å². The molecule has 0 aromatic heterocycles. The Balaban J connectivity index is 0.000000640. The number of halogens is 1. The van der Waals surface area contributed by atoms with Crippen molar-refractivity contribution in [2.45, 2.75) is 32.0 Å². The summed E-state index contributed by atoms with van der Waals surface area (Å²) in [6.07, 6.45) is 0. The van der Waals surface area contributed by atoms with E-state index in [9.17, 15) is 0 Å². The van der Waals surface area contributed by atoms with Gasteiger partial charge in [0.05, 0.1) is 5.60 Å². The van der Waals surface area contributed by atoms with Crippen LogP contribution < -0.4 is 18.1 Å². The van der Waals surface area contributed by atoms with E-state index < -0.39 is 0 Å². The van der Waals surface area contributed by atoms with Gasteiger partial charge < -0.3 is 22.9 Å². The highest BCUT2D eigenvalue weighted by molar-refractivity contribution is 5.06. The number of hydrogen-bond donors (Lipinski definition) is 1. The van der Waals surface area contributed by atoms with Gasteiger partial charge in [-0.15, -0.1) is 0 Å². The number of ether oxygens (including phenoxy) is 1. The van der Waals surface area contributed by atoms with Crippen molar-refractivity contribution in [1.82, 2.24) is 0 Å². The molecule has 1 saturated heterocycles. The fourth-order valence-electron chi connectivity index (χ4n) is 0.890. The molecule has 0 spiro atoms. The van der Waals surface area contributed by atoms with E-state index in [0.717, 1.165) is 6.54 Å². The highest BCUT2D eigenvalue weighted by Gasteiger charge is 2.60.